The van der Waals surface area contributed by atoms with E-state index in [-0.39, 0.29) is 36.0 Å². The summed E-state index contributed by atoms with van der Waals surface area (Å²) >= 11 is 0. The van der Waals surface area contributed by atoms with E-state index in [4.69, 9.17) is 9.47 Å². The van der Waals surface area contributed by atoms with Gasteiger partial charge in [0.15, 0.2) is 5.65 Å². The predicted molar refractivity (Wildman–Crippen MR) is 113 cm³/mol. The number of aromatic amines is 1. The molecule has 1 aliphatic heterocycles. The molecule has 2 aliphatic rings. The van der Waals surface area contributed by atoms with Crippen LogP contribution in [0.2, 0.25) is 0 Å². The zero-order chi connectivity index (χ0) is 21.8. The summed E-state index contributed by atoms with van der Waals surface area (Å²) < 4.78 is 26.1. The molecule has 8 heteroatoms. The number of fused-ring (bicyclic) bond motifs is 4. The van der Waals surface area contributed by atoms with Crippen molar-refractivity contribution in [1.82, 2.24) is 19.9 Å². The van der Waals surface area contributed by atoms with Gasteiger partial charge in [0.1, 0.15) is 41.0 Å². The van der Waals surface area contributed by atoms with Crippen molar-refractivity contribution in [3.05, 3.63) is 71.6 Å². The molecule has 1 saturated carbocycles. The highest BCUT2D eigenvalue weighted by molar-refractivity contribution is 5.82. The maximum Gasteiger partial charge on any atom is 0.248 e. The Hall–Kier alpha value is -3.81. The van der Waals surface area contributed by atoms with Gasteiger partial charge in [0.2, 0.25) is 5.88 Å². The first-order chi connectivity index (χ1) is 15.6. The van der Waals surface area contributed by atoms with Gasteiger partial charge in [-0.05, 0) is 42.3 Å². The number of imidazole rings is 1. The Morgan fingerprint density at radius 2 is 2.09 bits per heavy atom. The Labute approximate surface area is 182 Å². The lowest BCUT2D eigenvalue weighted by Gasteiger charge is -2.11. The molecule has 32 heavy (non-hydrogen) atoms. The van der Waals surface area contributed by atoms with Crippen molar-refractivity contribution >= 4 is 16.9 Å². The molecular formula is C24H19FN4O3. The summed E-state index contributed by atoms with van der Waals surface area (Å²) in [4.78, 5) is 28.0. The average Bonchev–Trinajstić information content (AvgIpc) is 3.12. The minimum atomic E-state index is -0.325. The first-order valence-electron chi connectivity index (χ1n) is 10.5. The molecule has 1 fully saturated rings. The van der Waals surface area contributed by atoms with Crippen LogP contribution in [0.3, 0.4) is 0 Å². The third kappa shape index (κ3) is 3.19. The van der Waals surface area contributed by atoms with Crippen LogP contribution in [0, 0.1) is 18.7 Å². The molecule has 7 nitrogen and oxygen atoms in total. The van der Waals surface area contributed by atoms with Crippen molar-refractivity contribution in [3.8, 4) is 17.4 Å². The molecule has 1 aliphatic carbocycles. The molecule has 2 aromatic carbocycles. The maximum atomic E-state index is 14.1. The van der Waals surface area contributed by atoms with Crippen molar-refractivity contribution < 1.29 is 18.7 Å². The van der Waals surface area contributed by atoms with Gasteiger partial charge in [0.25, 0.3) is 0 Å². The molecule has 0 spiro atoms. The Kier molecular flexibility index (Phi) is 4.21. The van der Waals surface area contributed by atoms with E-state index in [1.807, 2.05) is 31.2 Å². The first-order valence-corrected chi connectivity index (χ1v) is 10.5. The molecule has 6 rings (SSSR count). The highest BCUT2D eigenvalue weighted by Crippen LogP contribution is 2.60. The number of benzene rings is 2. The third-order valence-electron chi connectivity index (χ3n) is 6.16. The van der Waals surface area contributed by atoms with Crippen molar-refractivity contribution in [2.75, 3.05) is 0 Å². The fourth-order valence-electron chi connectivity index (χ4n) is 4.53. The Morgan fingerprint density at radius 1 is 1.19 bits per heavy atom. The van der Waals surface area contributed by atoms with Crippen LogP contribution >= 0.6 is 0 Å². The zero-order valence-electron chi connectivity index (χ0n) is 17.2. The fourth-order valence-corrected chi connectivity index (χ4v) is 4.53. The standard InChI is InChI=1S/C24H19FN4O3/c1-12-2-3-13(18(25)6-12)7-14(30)8-17-20-16-9-15(4-5-19(16)32-22(17)20)31-24-21-23(27-10-26-21)28-11-29-24/h2-6,9-11,17,20,22H,7-8H2,1H3,(H,26,27,28,29)/t17-,20-,22+/m0/s1. The van der Waals surface area contributed by atoms with Gasteiger partial charge in [0.05, 0.1) is 6.33 Å². The summed E-state index contributed by atoms with van der Waals surface area (Å²) in [6.45, 7) is 1.83. The predicted octanol–water partition coefficient (Wildman–Crippen LogP) is 4.27. The van der Waals surface area contributed by atoms with Gasteiger partial charge in [0, 0.05) is 30.2 Å². The van der Waals surface area contributed by atoms with E-state index in [1.165, 1.54) is 12.4 Å². The van der Waals surface area contributed by atoms with Crippen molar-refractivity contribution in [3.63, 3.8) is 0 Å². The third-order valence-corrected chi connectivity index (χ3v) is 6.16. The molecule has 0 saturated heterocycles. The Bertz CT molecular complexity index is 1370. The summed E-state index contributed by atoms with van der Waals surface area (Å²) in [5.74, 6) is 1.79. The first kappa shape index (κ1) is 18.9. The van der Waals surface area contributed by atoms with E-state index < -0.39 is 0 Å². The molecule has 0 amide bonds. The summed E-state index contributed by atoms with van der Waals surface area (Å²) in [6, 6.07) is 10.6. The number of halogens is 1. The van der Waals surface area contributed by atoms with Crippen LogP contribution in [0.1, 0.15) is 29.0 Å². The van der Waals surface area contributed by atoms with E-state index in [9.17, 15) is 9.18 Å². The highest BCUT2D eigenvalue weighted by atomic mass is 19.1. The van der Waals surface area contributed by atoms with Gasteiger partial charge in [-0.2, -0.15) is 4.98 Å². The second-order valence-corrected chi connectivity index (χ2v) is 8.37. The van der Waals surface area contributed by atoms with Gasteiger partial charge >= 0.3 is 0 Å². The molecule has 2 aromatic heterocycles. The van der Waals surface area contributed by atoms with E-state index in [2.05, 4.69) is 19.9 Å². The van der Waals surface area contributed by atoms with Crippen LogP contribution in [0.15, 0.2) is 49.1 Å². The molecule has 0 bridgehead atoms. The molecular weight excluding hydrogens is 411 g/mol. The molecule has 3 atom stereocenters. The Balaban J connectivity index is 1.16. The van der Waals surface area contributed by atoms with Crippen LogP contribution < -0.4 is 9.47 Å². The minimum Gasteiger partial charge on any atom is -0.489 e. The lowest BCUT2D eigenvalue weighted by atomic mass is 10.0. The second-order valence-electron chi connectivity index (χ2n) is 8.37. The van der Waals surface area contributed by atoms with Crippen LogP contribution in [0.25, 0.3) is 11.2 Å². The highest BCUT2D eigenvalue weighted by Gasteiger charge is 2.59. The van der Waals surface area contributed by atoms with Crippen LogP contribution in [0.4, 0.5) is 4.39 Å². The van der Waals surface area contributed by atoms with Gasteiger partial charge in [-0.15, -0.1) is 0 Å². The molecule has 3 heterocycles. The lowest BCUT2D eigenvalue weighted by molar-refractivity contribution is -0.119. The number of ether oxygens (including phenoxy) is 2. The molecule has 0 unspecified atom stereocenters. The van der Waals surface area contributed by atoms with Crippen molar-refractivity contribution in [2.24, 2.45) is 5.92 Å². The van der Waals surface area contributed by atoms with E-state index in [0.717, 1.165) is 16.9 Å². The van der Waals surface area contributed by atoms with Crippen LogP contribution in [-0.2, 0) is 11.2 Å². The topological polar surface area (TPSA) is 90.0 Å². The number of H-pyrrole nitrogens is 1. The van der Waals surface area contributed by atoms with Crippen LogP contribution in [0.5, 0.6) is 17.4 Å². The summed E-state index contributed by atoms with van der Waals surface area (Å²) in [7, 11) is 0. The number of hydrogen-bond acceptors (Lipinski definition) is 6. The SMILES string of the molecule is Cc1ccc(CC(=O)C[C@@H]2[C@H]3Oc4ccc(Oc5ncnc6nc[nH]c56)cc4[C@@H]23)c(F)c1. The van der Waals surface area contributed by atoms with Crippen molar-refractivity contribution in [1.29, 1.82) is 0 Å². The Morgan fingerprint density at radius 3 is 2.97 bits per heavy atom. The van der Waals surface area contributed by atoms with Crippen LogP contribution in [-0.4, -0.2) is 31.8 Å². The number of nitrogens with zero attached hydrogens (tertiary/aromatic N) is 3. The average molecular weight is 430 g/mol. The van der Waals surface area contributed by atoms with Gasteiger partial charge < -0.3 is 14.5 Å². The number of aromatic nitrogens is 4. The molecule has 0 radical (unpaired) electrons. The number of carbonyl (C=O) groups is 1. The van der Waals surface area contributed by atoms with E-state index in [1.54, 1.807) is 12.4 Å². The number of rotatable bonds is 6. The quantitative estimate of drug-likeness (QED) is 0.491. The molecule has 1 N–H and O–H groups in total. The summed E-state index contributed by atoms with van der Waals surface area (Å²) in [5.41, 5.74) is 3.47. The number of ketones is 1. The maximum absolute atomic E-state index is 14.1. The number of hydrogen-bond donors (Lipinski definition) is 1. The van der Waals surface area contributed by atoms with Crippen molar-refractivity contribution in [2.45, 2.75) is 31.8 Å². The molecule has 4 aromatic rings. The van der Waals surface area contributed by atoms with E-state index in [0.29, 0.717) is 34.8 Å². The zero-order valence-corrected chi connectivity index (χ0v) is 17.2. The number of Topliss-reactive ketones (excluding diaryl/α,β-unsaturated/α-hetero) is 1. The smallest absolute Gasteiger partial charge is 0.248 e. The summed E-state index contributed by atoms with van der Waals surface area (Å²) in [6.07, 6.45) is 3.41. The van der Waals surface area contributed by atoms with Gasteiger partial charge in [-0.25, -0.2) is 14.4 Å². The number of nitrogens with one attached hydrogen (secondary N) is 1. The molecule has 160 valence electrons. The normalized spacial score (nSPS) is 20.5. The van der Waals surface area contributed by atoms with Gasteiger partial charge in [-0.3, -0.25) is 4.79 Å². The number of carbonyl (C=O) groups excluding carboxylic acids is 1. The minimum absolute atomic E-state index is 0.00886. The number of aryl methyl sites for hydroxylation is 1. The second kappa shape index (κ2) is 7.12. The summed E-state index contributed by atoms with van der Waals surface area (Å²) in [5, 5.41) is 0. The monoisotopic (exact) mass is 430 g/mol. The fraction of sp³-hybridized carbons (Fsp3) is 0.250. The van der Waals surface area contributed by atoms with Gasteiger partial charge in [-0.1, -0.05) is 12.1 Å². The largest absolute Gasteiger partial charge is 0.489 e. The van der Waals surface area contributed by atoms with E-state index >= 15 is 0 Å². The lowest BCUT2D eigenvalue weighted by Crippen LogP contribution is -2.09.